The van der Waals surface area contributed by atoms with E-state index in [1.54, 1.807) is 0 Å². The van der Waals surface area contributed by atoms with Crippen molar-refractivity contribution in [3.8, 4) is 11.1 Å². The summed E-state index contributed by atoms with van der Waals surface area (Å²) in [5.74, 6) is -3.01. The van der Waals surface area contributed by atoms with Gasteiger partial charge in [-0.15, -0.1) is 0 Å². The number of hydrogen-bond acceptors (Lipinski definition) is 7. The van der Waals surface area contributed by atoms with E-state index in [-0.39, 0.29) is 44.7 Å². The number of aromatic nitrogens is 2. The van der Waals surface area contributed by atoms with E-state index in [0.29, 0.717) is 12.1 Å². The van der Waals surface area contributed by atoms with E-state index in [4.69, 9.17) is 17.2 Å². The molecule has 0 saturated carbocycles. The number of guanidine groups is 1. The number of imidazole rings is 1. The topological polar surface area (TPSA) is 244 Å². The number of nitrogens with two attached hydrogens (primary N) is 3. The first kappa shape index (κ1) is 38.7. The minimum absolute atomic E-state index is 0.0757. The Kier molecular flexibility index (Phi) is 13.1. The third kappa shape index (κ3) is 10.5. The molecule has 0 fully saturated rings. The molecule has 4 aromatic rings. The van der Waals surface area contributed by atoms with Crippen molar-refractivity contribution in [3.63, 3.8) is 0 Å². The number of carbonyl (C=O) groups excluding carboxylic acids is 5. The third-order valence-corrected chi connectivity index (χ3v) is 9.23. The van der Waals surface area contributed by atoms with Gasteiger partial charge in [0, 0.05) is 51.2 Å². The fourth-order valence-electron chi connectivity index (χ4n) is 6.50. The quantitative estimate of drug-likeness (QED) is 0.0493. The van der Waals surface area contributed by atoms with Crippen molar-refractivity contribution >= 4 is 35.5 Å². The fraction of sp³-hybridized carbons (Fsp3) is 0.308. The predicted molar refractivity (Wildman–Crippen MR) is 203 cm³/mol. The molecule has 0 radical (unpaired) electrons. The smallest absolute Gasteiger partial charge is 0.246 e. The molecule has 1 aliphatic heterocycles. The second-order valence-corrected chi connectivity index (χ2v) is 13.2. The van der Waals surface area contributed by atoms with Crippen molar-refractivity contribution in [2.45, 2.75) is 69.7 Å². The van der Waals surface area contributed by atoms with Crippen LogP contribution in [0, 0.1) is 0 Å². The highest BCUT2D eigenvalue weighted by atomic mass is 16.2. The first-order valence-electron chi connectivity index (χ1n) is 17.7. The third-order valence-electron chi connectivity index (χ3n) is 9.23. The van der Waals surface area contributed by atoms with Gasteiger partial charge in [-0.1, -0.05) is 78.9 Å². The van der Waals surface area contributed by atoms with Crippen LogP contribution in [-0.2, 0) is 49.8 Å². The number of carbonyl (C=O) groups is 5. The molecule has 1 aromatic heterocycles. The Morgan fingerprint density at radius 2 is 1.46 bits per heavy atom. The number of aliphatic imine (C=N–C) groups is 1. The summed E-state index contributed by atoms with van der Waals surface area (Å²) in [5.41, 5.74) is 22.0. The highest BCUT2D eigenvalue weighted by Gasteiger charge is 2.38. The molecule has 1 aliphatic rings. The predicted octanol–water partition coefficient (Wildman–Crippen LogP) is 0.829. The number of rotatable bonds is 16. The van der Waals surface area contributed by atoms with E-state index >= 15 is 0 Å². The number of nitrogens with zero attached hydrogens (tertiary/aromatic N) is 3. The number of fused-ring (bicyclic) bond motifs is 1. The number of nitrogens with one attached hydrogen (secondary N) is 4. The van der Waals surface area contributed by atoms with Crippen LogP contribution >= 0.6 is 0 Å². The van der Waals surface area contributed by atoms with Crippen molar-refractivity contribution in [3.05, 3.63) is 114 Å². The molecule has 0 saturated heterocycles. The Hall–Kier alpha value is -6.51. The molecule has 0 spiro atoms. The van der Waals surface area contributed by atoms with Crippen LogP contribution in [0.1, 0.15) is 42.1 Å². The minimum Gasteiger partial charge on any atom is -0.370 e. The molecule has 15 nitrogen and oxygen atoms in total. The monoisotopic (exact) mass is 734 g/mol. The van der Waals surface area contributed by atoms with Gasteiger partial charge < -0.3 is 43.0 Å². The molecule has 5 amide bonds. The summed E-state index contributed by atoms with van der Waals surface area (Å²) in [6.07, 6.45) is 3.77. The average molecular weight is 735 g/mol. The molecule has 4 atom stereocenters. The van der Waals surface area contributed by atoms with Crippen LogP contribution in [0.15, 0.2) is 96.4 Å². The molecule has 0 bridgehead atoms. The number of H-pyrrole nitrogens is 1. The van der Waals surface area contributed by atoms with Gasteiger partial charge in [0.1, 0.15) is 24.2 Å². The van der Waals surface area contributed by atoms with E-state index in [0.717, 1.165) is 27.8 Å². The van der Waals surface area contributed by atoms with Gasteiger partial charge in [-0.2, -0.15) is 0 Å². The molecule has 0 aliphatic carbocycles. The summed E-state index contributed by atoms with van der Waals surface area (Å²) < 4.78 is 0. The van der Waals surface area contributed by atoms with Crippen LogP contribution in [0.25, 0.3) is 11.1 Å². The van der Waals surface area contributed by atoms with Crippen molar-refractivity contribution in [2.75, 3.05) is 6.54 Å². The molecular formula is C39H46N10O5. The van der Waals surface area contributed by atoms with Gasteiger partial charge in [-0.05, 0) is 40.7 Å². The van der Waals surface area contributed by atoms with Gasteiger partial charge in [0.15, 0.2) is 5.96 Å². The number of aromatic amines is 1. The minimum atomic E-state index is -1.16. The normalized spacial score (nSPS) is 15.1. The lowest BCUT2D eigenvalue weighted by molar-refractivity contribution is -0.144. The van der Waals surface area contributed by atoms with Gasteiger partial charge in [0.2, 0.25) is 29.5 Å². The number of primary amides is 1. The van der Waals surface area contributed by atoms with Crippen LogP contribution in [0.2, 0.25) is 0 Å². The highest BCUT2D eigenvalue weighted by molar-refractivity contribution is 5.95. The Morgan fingerprint density at radius 3 is 2.11 bits per heavy atom. The van der Waals surface area contributed by atoms with Gasteiger partial charge >= 0.3 is 0 Å². The SMILES string of the molecule is CC(=O)N[C@@H](Cc1cnc[nH]1)C(=O)N[C@@H](CCCN=C(N)N)C(=O)N[C@H](Cc1ccc(-c2ccccc2)cc1)C(=O)N1Cc2ccccc2C[C@H]1C(N)=O. The summed E-state index contributed by atoms with van der Waals surface area (Å²) in [6, 6.07) is 20.7. The van der Waals surface area contributed by atoms with Gasteiger partial charge in [-0.25, -0.2) is 4.98 Å². The van der Waals surface area contributed by atoms with Gasteiger partial charge in [0.05, 0.1) is 6.33 Å². The maximum atomic E-state index is 14.6. The van der Waals surface area contributed by atoms with E-state index < -0.39 is 53.7 Å². The van der Waals surface area contributed by atoms with E-state index in [2.05, 4.69) is 30.9 Å². The first-order chi connectivity index (χ1) is 26.0. The van der Waals surface area contributed by atoms with E-state index in [1.807, 2.05) is 78.9 Å². The largest absolute Gasteiger partial charge is 0.370 e. The van der Waals surface area contributed by atoms with E-state index in [9.17, 15) is 24.0 Å². The summed E-state index contributed by atoms with van der Waals surface area (Å²) in [5, 5.41) is 8.28. The lowest BCUT2D eigenvalue weighted by atomic mass is 9.92. The molecule has 282 valence electrons. The lowest BCUT2D eigenvalue weighted by Gasteiger charge is -2.37. The van der Waals surface area contributed by atoms with Crippen molar-refractivity contribution in [1.82, 2.24) is 30.8 Å². The summed E-state index contributed by atoms with van der Waals surface area (Å²) in [6.45, 7) is 1.58. The standard InChI is InChI=1S/C39H46N10O5/c1-24(50)46-32(20-30-21-43-23-45-30)37(53)47-31(12-7-17-44-39(41)42)36(52)48-33(18-25-13-15-27(16-14-25)26-8-3-2-4-9-26)38(54)49-22-29-11-6-5-10-28(29)19-34(49)35(40)51/h2-6,8-11,13-16,21,23,31-34H,7,12,17-20,22H2,1H3,(H2,40,51)(H,43,45)(H,46,50)(H,47,53)(H,48,52)(H4,41,42,44)/t31-,32-,33+,34-/m0/s1. The molecule has 15 heteroatoms. The van der Waals surface area contributed by atoms with Crippen LogP contribution < -0.4 is 33.2 Å². The maximum Gasteiger partial charge on any atom is 0.246 e. The first-order valence-corrected chi connectivity index (χ1v) is 17.7. The summed E-state index contributed by atoms with van der Waals surface area (Å²) in [7, 11) is 0. The molecular weight excluding hydrogens is 688 g/mol. The van der Waals surface area contributed by atoms with Crippen LogP contribution in [0.5, 0.6) is 0 Å². The molecule has 0 unspecified atom stereocenters. The molecule has 10 N–H and O–H groups in total. The lowest BCUT2D eigenvalue weighted by Crippen LogP contribution is -2.60. The van der Waals surface area contributed by atoms with Crippen LogP contribution in [0.4, 0.5) is 0 Å². The number of hydrogen-bond donors (Lipinski definition) is 7. The summed E-state index contributed by atoms with van der Waals surface area (Å²) in [4.78, 5) is 79.6. The van der Waals surface area contributed by atoms with Crippen molar-refractivity contribution < 1.29 is 24.0 Å². The Balaban J connectivity index is 1.43. The van der Waals surface area contributed by atoms with Crippen molar-refractivity contribution in [1.29, 1.82) is 0 Å². The zero-order valence-electron chi connectivity index (χ0n) is 30.0. The highest BCUT2D eigenvalue weighted by Crippen LogP contribution is 2.25. The number of amides is 5. The molecule has 2 heterocycles. The second-order valence-electron chi connectivity index (χ2n) is 13.2. The molecule has 5 rings (SSSR count). The fourth-order valence-corrected chi connectivity index (χ4v) is 6.50. The Labute approximate surface area is 313 Å². The van der Waals surface area contributed by atoms with Crippen molar-refractivity contribution in [2.24, 2.45) is 22.2 Å². The molecule has 3 aromatic carbocycles. The molecule has 54 heavy (non-hydrogen) atoms. The zero-order valence-corrected chi connectivity index (χ0v) is 30.0. The number of benzene rings is 3. The van der Waals surface area contributed by atoms with Gasteiger partial charge in [-0.3, -0.25) is 29.0 Å². The maximum absolute atomic E-state index is 14.6. The average Bonchev–Trinajstić information content (AvgIpc) is 3.68. The Bertz CT molecular complexity index is 1950. The summed E-state index contributed by atoms with van der Waals surface area (Å²) >= 11 is 0. The van der Waals surface area contributed by atoms with Crippen LogP contribution in [-0.4, -0.2) is 81.1 Å². The van der Waals surface area contributed by atoms with Gasteiger partial charge in [0.25, 0.3) is 0 Å². The van der Waals surface area contributed by atoms with E-state index in [1.165, 1.54) is 24.3 Å². The van der Waals surface area contributed by atoms with Crippen LogP contribution in [0.3, 0.4) is 0 Å². The Morgan fingerprint density at radius 1 is 0.815 bits per heavy atom. The zero-order chi connectivity index (χ0) is 38.6. The second kappa shape index (κ2) is 18.3.